The first-order valence-electron chi connectivity index (χ1n) is 9.29. The van der Waals surface area contributed by atoms with Gasteiger partial charge in [0.15, 0.2) is 0 Å². The molecule has 3 rings (SSSR count). The van der Waals surface area contributed by atoms with Crippen LogP contribution in [-0.4, -0.2) is 37.3 Å². The maximum absolute atomic E-state index is 12.6. The van der Waals surface area contributed by atoms with Crippen LogP contribution in [0.1, 0.15) is 18.4 Å². The molecule has 0 aromatic heterocycles. The number of amides is 3. The predicted octanol–water partition coefficient (Wildman–Crippen LogP) is 3.40. The third-order valence-electron chi connectivity index (χ3n) is 4.47. The number of fused-ring (bicyclic) bond motifs is 1. The molecule has 2 aromatic carbocycles. The van der Waals surface area contributed by atoms with Gasteiger partial charge in [-0.15, -0.1) is 11.8 Å². The molecule has 0 bridgehead atoms. The average Bonchev–Trinajstić information content (AvgIpc) is 2.76. The number of carbonyl (C=O) groups is 3. The Balaban J connectivity index is 1.44. The van der Waals surface area contributed by atoms with Crippen LogP contribution in [0.2, 0.25) is 0 Å². The van der Waals surface area contributed by atoms with Gasteiger partial charge in [-0.05, 0) is 29.8 Å². The van der Waals surface area contributed by atoms with E-state index in [1.165, 1.54) is 7.11 Å². The number of ether oxygens (including phenoxy) is 1. The highest BCUT2D eigenvalue weighted by atomic mass is 32.2. The lowest BCUT2D eigenvalue weighted by molar-refractivity contribution is -0.125. The second kappa shape index (κ2) is 9.97. The van der Waals surface area contributed by atoms with Crippen molar-refractivity contribution in [3.8, 4) is 0 Å². The largest absolute Gasteiger partial charge is 0.453 e. The van der Waals surface area contributed by atoms with Gasteiger partial charge in [-0.3, -0.25) is 14.9 Å². The molecule has 0 unspecified atom stereocenters. The normalized spacial score (nSPS) is 12.7. The van der Waals surface area contributed by atoms with Crippen LogP contribution in [0.15, 0.2) is 53.4 Å². The molecule has 0 aliphatic carbocycles. The second-order valence-electron chi connectivity index (χ2n) is 6.45. The number of methoxy groups -OCH3 is 1. The monoisotopic (exact) mass is 413 g/mol. The summed E-state index contributed by atoms with van der Waals surface area (Å²) < 4.78 is 4.53. The summed E-state index contributed by atoms with van der Waals surface area (Å²) in [5, 5.41) is 5.38. The molecule has 0 saturated heterocycles. The Kier molecular flexibility index (Phi) is 7.13. The molecule has 0 radical (unpaired) electrons. The van der Waals surface area contributed by atoms with E-state index >= 15 is 0 Å². The maximum Gasteiger partial charge on any atom is 0.411 e. The Bertz CT molecular complexity index is 886. The first-order valence-corrected chi connectivity index (χ1v) is 10.3. The molecule has 1 aliphatic rings. The van der Waals surface area contributed by atoms with E-state index in [-0.39, 0.29) is 24.7 Å². The number of carbonyl (C=O) groups excluding carboxylic acids is 3. The van der Waals surface area contributed by atoms with Gasteiger partial charge in [0.05, 0.1) is 12.8 Å². The van der Waals surface area contributed by atoms with Gasteiger partial charge in [0, 0.05) is 42.3 Å². The Morgan fingerprint density at radius 2 is 1.83 bits per heavy atom. The predicted molar refractivity (Wildman–Crippen MR) is 113 cm³/mol. The first kappa shape index (κ1) is 20.7. The summed E-state index contributed by atoms with van der Waals surface area (Å²) in [6.07, 6.45) is -0.218. The van der Waals surface area contributed by atoms with E-state index in [0.717, 1.165) is 21.9 Å². The van der Waals surface area contributed by atoms with Gasteiger partial charge in [-0.25, -0.2) is 4.79 Å². The summed E-state index contributed by atoms with van der Waals surface area (Å²) >= 11 is 1.74. The summed E-state index contributed by atoms with van der Waals surface area (Å²) in [4.78, 5) is 38.8. The van der Waals surface area contributed by atoms with Gasteiger partial charge >= 0.3 is 6.09 Å². The minimum atomic E-state index is -0.536. The zero-order valence-corrected chi connectivity index (χ0v) is 17.0. The number of nitrogens with zero attached hydrogens (tertiary/aromatic N) is 1. The molecule has 3 amide bonds. The van der Waals surface area contributed by atoms with Gasteiger partial charge in [0.25, 0.3) is 0 Å². The van der Waals surface area contributed by atoms with Gasteiger partial charge < -0.3 is 15.0 Å². The van der Waals surface area contributed by atoms with Crippen molar-refractivity contribution in [2.45, 2.75) is 24.3 Å². The summed E-state index contributed by atoms with van der Waals surface area (Å²) in [7, 11) is 1.30. The Hall–Kier alpha value is -3.00. The number of rotatable bonds is 6. The van der Waals surface area contributed by atoms with Gasteiger partial charge in [0.2, 0.25) is 11.8 Å². The highest BCUT2D eigenvalue weighted by Gasteiger charge is 2.22. The minimum absolute atomic E-state index is 0.0360. The Morgan fingerprint density at radius 1 is 1.07 bits per heavy atom. The molecule has 1 aliphatic heterocycles. The lowest BCUT2D eigenvalue weighted by Gasteiger charge is -2.29. The fourth-order valence-corrected chi connectivity index (χ4v) is 3.94. The van der Waals surface area contributed by atoms with Crippen LogP contribution in [-0.2, 0) is 20.9 Å². The van der Waals surface area contributed by atoms with E-state index in [2.05, 4.69) is 15.4 Å². The number of benzene rings is 2. The molecule has 2 N–H and O–H groups in total. The van der Waals surface area contributed by atoms with Gasteiger partial charge in [0.1, 0.15) is 0 Å². The third kappa shape index (κ3) is 5.74. The highest BCUT2D eigenvalue weighted by Crippen LogP contribution is 2.34. The van der Waals surface area contributed by atoms with Crippen LogP contribution in [0, 0.1) is 0 Å². The molecule has 0 fully saturated rings. The quantitative estimate of drug-likeness (QED) is 0.758. The summed E-state index contributed by atoms with van der Waals surface area (Å²) in [5.74, 6) is 0.649. The van der Waals surface area contributed by atoms with E-state index in [9.17, 15) is 14.4 Å². The first-order chi connectivity index (χ1) is 14.1. The fraction of sp³-hybridized carbons (Fsp3) is 0.286. The van der Waals surface area contributed by atoms with Crippen molar-refractivity contribution in [1.82, 2.24) is 5.32 Å². The molecule has 7 nitrogen and oxygen atoms in total. The van der Waals surface area contributed by atoms with Gasteiger partial charge in [-0.1, -0.05) is 24.3 Å². The van der Waals surface area contributed by atoms with Crippen LogP contribution < -0.4 is 15.5 Å². The van der Waals surface area contributed by atoms with E-state index in [4.69, 9.17) is 0 Å². The average molecular weight is 413 g/mol. The highest BCUT2D eigenvalue weighted by molar-refractivity contribution is 7.99. The van der Waals surface area contributed by atoms with Crippen molar-refractivity contribution < 1.29 is 19.1 Å². The number of thioether (sulfide) groups is 1. The van der Waals surface area contributed by atoms with Crippen molar-refractivity contribution in [3.05, 3.63) is 54.1 Å². The summed E-state index contributed by atoms with van der Waals surface area (Å²) in [6, 6.07) is 14.9. The van der Waals surface area contributed by atoms with Crippen molar-refractivity contribution in [2.24, 2.45) is 0 Å². The maximum atomic E-state index is 12.6. The van der Waals surface area contributed by atoms with Crippen molar-refractivity contribution >= 4 is 41.0 Å². The fourth-order valence-electron chi connectivity index (χ4n) is 2.95. The second-order valence-corrected chi connectivity index (χ2v) is 7.59. The van der Waals surface area contributed by atoms with E-state index in [0.29, 0.717) is 18.8 Å². The lowest BCUT2D eigenvalue weighted by atomic mass is 10.2. The number of hydrogen-bond acceptors (Lipinski definition) is 5. The molecule has 1 heterocycles. The van der Waals surface area contributed by atoms with E-state index < -0.39 is 6.09 Å². The van der Waals surface area contributed by atoms with Crippen molar-refractivity contribution in [1.29, 1.82) is 0 Å². The Morgan fingerprint density at radius 3 is 2.59 bits per heavy atom. The van der Waals surface area contributed by atoms with E-state index in [1.807, 2.05) is 24.3 Å². The topological polar surface area (TPSA) is 87.7 Å². The van der Waals surface area contributed by atoms with Crippen LogP contribution in [0.25, 0.3) is 0 Å². The van der Waals surface area contributed by atoms with Crippen molar-refractivity contribution in [2.75, 3.05) is 29.6 Å². The molecule has 0 saturated carbocycles. The molecular formula is C21H23N3O4S. The number of anilines is 2. The molecule has 0 spiro atoms. The Labute approximate surface area is 173 Å². The van der Waals surface area contributed by atoms with Crippen molar-refractivity contribution in [3.63, 3.8) is 0 Å². The number of hydrogen-bond donors (Lipinski definition) is 2. The molecule has 152 valence electrons. The molecule has 29 heavy (non-hydrogen) atoms. The van der Waals surface area contributed by atoms with Crippen LogP contribution in [0.5, 0.6) is 0 Å². The minimum Gasteiger partial charge on any atom is -0.453 e. The lowest BCUT2D eigenvalue weighted by Crippen LogP contribution is -2.36. The summed E-state index contributed by atoms with van der Waals surface area (Å²) in [6.45, 7) is 1.02. The SMILES string of the molecule is COC(=O)Nc1ccc(CNC(=O)CCC(=O)N2CCSc3ccccc32)cc1. The van der Waals surface area contributed by atoms with E-state index in [1.54, 1.807) is 40.9 Å². The number of nitrogens with one attached hydrogen (secondary N) is 2. The van der Waals surface area contributed by atoms with Gasteiger partial charge in [-0.2, -0.15) is 0 Å². The molecular weight excluding hydrogens is 390 g/mol. The number of para-hydroxylation sites is 1. The van der Waals surface area contributed by atoms with Crippen LogP contribution in [0.3, 0.4) is 0 Å². The zero-order valence-electron chi connectivity index (χ0n) is 16.1. The molecule has 8 heteroatoms. The van der Waals surface area contributed by atoms with Crippen LogP contribution in [0.4, 0.5) is 16.2 Å². The smallest absolute Gasteiger partial charge is 0.411 e. The summed E-state index contributed by atoms with van der Waals surface area (Å²) in [5.41, 5.74) is 2.43. The third-order valence-corrected chi connectivity index (χ3v) is 5.51. The standard InChI is InChI=1S/C21H23N3O4S/c1-28-21(27)23-16-8-6-15(7-9-16)14-22-19(25)10-11-20(26)24-12-13-29-18-5-3-2-4-17(18)24/h2-9H,10-14H2,1H3,(H,22,25)(H,23,27). The molecule has 2 aromatic rings. The zero-order chi connectivity index (χ0) is 20.6. The molecule has 0 atom stereocenters. The van der Waals surface area contributed by atoms with Crippen LogP contribution >= 0.6 is 11.8 Å².